The lowest BCUT2D eigenvalue weighted by atomic mass is 10.0. The van der Waals surface area contributed by atoms with Gasteiger partial charge in [-0.25, -0.2) is 0 Å². The Morgan fingerprint density at radius 2 is 1.11 bits per heavy atom. The van der Waals surface area contributed by atoms with Gasteiger partial charge < -0.3 is 18.8 Å². The summed E-state index contributed by atoms with van der Waals surface area (Å²) in [7, 11) is 0. The Bertz CT molecular complexity index is 2740. The van der Waals surface area contributed by atoms with Crippen LogP contribution in [0, 0.1) is 0 Å². The van der Waals surface area contributed by atoms with Crippen LogP contribution in [0.5, 0.6) is 23.0 Å². The van der Waals surface area contributed by atoms with Gasteiger partial charge >= 0.3 is 0 Å². The molecule has 5 nitrogen and oxygen atoms in total. The molecule has 0 N–H and O–H groups in total. The second-order valence-corrected chi connectivity index (χ2v) is 12.1. The molecule has 5 heteroatoms. The molecule has 11 rings (SSSR count). The topological polar surface area (TPSA) is 39.8 Å². The van der Waals surface area contributed by atoms with Crippen molar-refractivity contribution in [1.82, 2.24) is 4.57 Å². The molecular weight excluding hydrogens is 580 g/mol. The third kappa shape index (κ3) is 3.37. The Morgan fingerprint density at radius 1 is 0.447 bits per heavy atom. The van der Waals surface area contributed by atoms with Gasteiger partial charge in [-0.3, -0.25) is 4.57 Å². The van der Waals surface area contributed by atoms with Crippen LogP contribution in [0.3, 0.4) is 0 Å². The summed E-state index contributed by atoms with van der Waals surface area (Å²) in [4.78, 5) is 2.31. The standard InChI is InChI=1S/C42H24N2O3/c1-2-9-27(10-3-1)43(32-13-7-15-34-39(32)30-11-4-5-14-33(30)45-34)28-21-19-25(20-22-28)26-23-31-29-12-6-16-35-40(29)44-41(31)38(24-26)47-37-18-8-17-36(46-35)42(37)44/h1-24H. The smallest absolute Gasteiger partial charge is 0.155 e. The van der Waals surface area contributed by atoms with E-state index in [4.69, 9.17) is 13.9 Å². The van der Waals surface area contributed by atoms with Crippen molar-refractivity contribution in [2.24, 2.45) is 0 Å². The number of furan rings is 1. The second-order valence-electron chi connectivity index (χ2n) is 12.1. The van der Waals surface area contributed by atoms with Crippen LogP contribution in [0.4, 0.5) is 17.1 Å². The summed E-state index contributed by atoms with van der Waals surface area (Å²) in [6.45, 7) is 0. The average molecular weight is 605 g/mol. The molecule has 0 atom stereocenters. The molecule has 4 heterocycles. The fraction of sp³-hybridized carbons (Fsp3) is 0. The molecule has 9 aromatic rings. The largest absolute Gasteiger partial charge is 0.456 e. The maximum atomic E-state index is 6.58. The van der Waals surface area contributed by atoms with E-state index in [0.717, 1.165) is 101 Å². The lowest BCUT2D eigenvalue weighted by molar-refractivity contribution is 0.444. The van der Waals surface area contributed by atoms with Crippen LogP contribution in [-0.4, -0.2) is 4.57 Å². The highest BCUT2D eigenvalue weighted by molar-refractivity contribution is 6.16. The third-order valence-electron chi connectivity index (χ3n) is 9.53. The van der Waals surface area contributed by atoms with Gasteiger partial charge in [-0.05, 0) is 83.9 Å². The van der Waals surface area contributed by atoms with E-state index in [1.54, 1.807) is 0 Å². The summed E-state index contributed by atoms with van der Waals surface area (Å²) < 4.78 is 21.5. The summed E-state index contributed by atoms with van der Waals surface area (Å²) in [6.07, 6.45) is 0. The van der Waals surface area contributed by atoms with Gasteiger partial charge in [0.15, 0.2) is 23.0 Å². The molecule has 0 aliphatic carbocycles. The fourth-order valence-electron chi connectivity index (χ4n) is 7.55. The van der Waals surface area contributed by atoms with Crippen molar-refractivity contribution >= 4 is 60.8 Å². The highest BCUT2D eigenvalue weighted by Gasteiger charge is 2.32. The Labute approximate surface area is 269 Å². The van der Waals surface area contributed by atoms with Crippen LogP contribution in [0.1, 0.15) is 0 Å². The average Bonchev–Trinajstić information content (AvgIpc) is 3.67. The van der Waals surface area contributed by atoms with E-state index < -0.39 is 0 Å². The highest BCUT2D eigenvalue weighted by atomic mass is 16.5. The predicted octanol–water partition coefficient (Wildman–Crippen LogP) is 12.0. The van der Waals surface area contributed by atoms with Gasteiger partial charge in [0, 0.05) is 27.5 Å². The molecule has 0 amide bonds. The number of hydrogen-bond donors (Lipinski definition) is 0. The summed E-state index contributed by atoms with van der Waals surface area (Å²) >= 11 is 0. The van der Waals surface area contributed by atoms with Gasteiger partial charge in [-0.1, -0.05) is 72.8 Å². The molecule has 2 aliphatic rings. The first-order chi connectivity index (χ1) is 23.3. The number of fused-ring (bicyclic) bond motifs is 4. The molecular formula is C42H24N2O3. The molecule has 2 aliphatic heterocycles. The zero-order chi connectivity index (χ0) is 30.6. The van der Waals surface area contributed by atoms with Crippen molar-refractivity contribution in [3.8, 4) is 39.8 Å². The number of ether oxygens (including phenoxy) is 2. The second kappa shape index (κ2) is 9.05. The number of para-hydroxylation sites is 4. The predicted molar refractivity (Wildman–Crippen MR) is 188 cm³/mol. The van der Waals surface area contributed by atoms with Crippen LogP contribution in [-0.2, 0) is 0 Å². The van der Waals surface area contributed by atoms with Crippen LogP contribution in [0.15, 0.2) is 150 Å². The molecule has 0 saturated heterocycles. The molecule has 0 radical (unpaired) electrons. The van der Waals surface area contributed by atoms with Gasteiger partial charge in [-0.15, -0.1) is 0 Å². The third-order valence-corrected chi connectivity index (χ3v) is 9.53. The quantitative estimate of drug-likeness (QED) is 0.200. The summed E-state index contributed by atoms with van der Waals surface area (Å²) in [5.74, 6) is 3.32. The van der Waals surface area contributed by atoms with Crippen LogP contribution in [0.25, 0.3) is 60.6 Å². The van der Waals surface area contributed by atoms with Crippen molar-refractivity contribution in [3.05, 3.63) is 146 Å². The van der Waals surface area contributed by atoms with Gasteiger partial charge in [0.05, 0.1) is 22.1 Å². The molecule has 0 bridgehead atoms. The lowest BCUT2D eigenvalue weighted by Gasteiger charge is -2.27. The highest BCUT2D eigenvalue weighted by Crippen LogP contribution is 2.54. The van der Waals surface area contributed by atoms with Gasteiger partial charge in [-0.2, -0.15) is 0 Å². The van der Waals surface area contributed by atoms with E-state index in [-0.39, 0.29) is 0 Å². The monoisotopic (exact) mass is 604 g/mol. The van der Waals surface area contributed by atoms with Crippen molar-refractivity contribution < 1.29 is 13.9 Å². The van der Waals surface area contributed by atoms with Crippen molar-refractivity contribution in [2.45, 2.75) is 0 Å². The Balaban J connectivity index is 1.09. The van der Waals surface area contributed by atoms with Crippen molar-refractivity contribution in [3.63, 3.8) is 0 Å². The number of hydrogen-bond acceptors (Lipinski definition) is 4. The molecule has 220 valence electrons. The van der Waals surface area contributed by atoms with Crippen LogP contribution in [0.2, 0.25) is 0 Å². The van der Waals surface area contributed by atoms with E-state index in [2.05, 4.69) is 113 Å². The van der Waals surface area contributed by atoms with E-state index in [9.17, 15) is 0 Å². The minimum atomic E-state index is 0.801. The SMILES string of the molecule is c1ccc(N(c2ccc(-c3cc4c5c(c3)c3cccc6c3n5-c3c(cccc3O4)O6)cc2)c2cccc3oc4ccccc4c23)cc1. The molecule has 47 heavy (non-hydrogen) atoms. The fourth-order valence-corrected chi connectivity index (χ4v) is 7.55. The molecule has 0 saturated carbocycles. The number of aromatic nitrogens is 1. The maximum absolute atomic E-state index is 6.58. The Morgan fingerprint density at radius 3 is 1.98 bits per heavy atom. The van der Waals surface area contributed by atoms with E-state index >= 15 is 0 Å². The number of nitrogens with zero attached hydrogens (tertiary/aromatic N) is 2. The van der Waals surface area contributed by atoms with Gasteiger partial charge in [0.1, 0.15) is 16.9 Å². The summed E-state index contributed by atoms with van der Waals surface area (Å²) in [5, 5.41) is 4.49. The number of rotatable bonds is 4. The van der Waals surface area contributed by atoms with Crippen molar-refractivity contribution in [2.75, 3.05) is 4.90 Å². The van der Waals surface area contributed by atoms with E-state index in [1.807, 2.05) is 42.5 Å². The van der Waals surface area contributed by atoms with Gasteiger partial charge in [0.2, 0.25) is 0 Å². The van der Waals surface area contributed by atoms with E-state index in [0.29, 0.717) is 0 Å². The van der Waals surface area contributed by atoms with Crippen LogP contribution >= 0.6 is 0 Å². The van der Waals surface area contributed by atoms with Crippen LogP contribution < -0.4 is 14.4 Å². The molecule has 0 spiro atoms. The number of anilines is 3. The van der Waals surface area contributed by atoms with Crippen molar-refractivity contribution in [1.29, 1.82) is 0 Å². The molecule has 0 fully saturated rings. The lowest BCUT2D eigenvalue weighted by Crippen LogP contribution is -2.10. The normalized spacial score (nSPS) is 12.6. The van der Waals surface area contributed by atoms with Gasteiger partial charge in [0.25, 0.3) is 0 Å². The Kier molecular flexibility index (Phi) is 4.78. The summed E-state index contributed by atoms with van der Waals surface area (Å²) in [6, 6.07) is 50.6. The Hall–Kier alpha value is -6.46. The maximum Gasteiger partial charge on any atom is 0.155 e. The molecule has 7 aromatic carbocycles. The first-order valence-electron chi connectivity index (χ1n) is 15.8. The zero-order valence-electron chi connectivity index (χ0n) is 25.0. The first-order valence-corrected chi connectivity index (χ1v) is 15.8. The molecule has 2 aromatic heterocycles. The first kappa shape index (κ1) is 24.8. The summed E-state index contributed by atoms with van der Waals surface area (Å²) in [5.41, 5.74) is 10.3. The number of benzene rings is 7. The van der Waals surface area contributed by atoms with E-state index in [1.165, 1.54) is 0 Å². The molecule has 0 unspecified atom stereocenters. The minimum Gasteiger partial charge on any atom is -0.456 e. The zero-order valence-corrected chi connectivity index (χ0v) is 25.0. The minimum absolute atomic E-state index is 0.801.